The summed E-state index contributed by atoms with van der Waals surface area (Å²) >= 11 is 0. The van der Waals surface area contributed by atoms with Gasteiger partial charge in [0.05, 0.1) is 60.9 Å². The number of rotatable bonds is 13. The maximum absolute atomic E-state index is 13.7. The molecule has 0 spiro atoms. The van der Waals surface area contributed by atoms with E-state index in [2.05, 4.69) is 18.8 Å². The van der Waals surface area contributed by atoms with Crippen LogP contribution in [-0.4, -0.2) is 166 Å². The van der Waals surface area contributed by atoms with Crippen LogP contribution in [0.25, 0.3) is 0 Å². The molecule has 19 atom stereocenters. The number of aliphatic hydroxyl groups is 10. The smallest absolute Gasteiger partial charge is 0.317 e. The standard InChI is InChI=1S/C54H101N3O17/c1-32-18-15-19-36(5)52(70)73-50(34(3)16-11-9-7-8-10-14-23-57-53(55)56)35(4)17-12-13-20-38(58)24-39(59)25-40(60)26-41(72-49(68)30-48(66)67)27-42-28-46(64)51(69)54(71,74-42)31-47(65)33(2)21-22-43(61)37(6)45(63)29-44(32)62/h32-47,50-51,58-65,69,71H,7-31H2,1-6H3,(H,66,67)(H4,55,56,57)/t32-,33+,34?,35+,36?,37-,38-,39+,40+,41-,42+,43+,44-,45+,46-,47-,50+,51?,54?/m1/s1. The fourth-order valence-corrected chi connectivity index (χ4v) is 10.6. The number of unbranched alkanes of at least 4 members (excludes halogenated alkanes) is 5. The number of carbonyl (C=O) groups excluding carboxylic acids is 2. The summed E-state index contributed by atoms with van der Waals surface area (Å²) in [4.78, 5) is 41.6. The van der Waals surface area contributed by atoms with Crippen molar-refractivity contribution in [1.29, 1.82) is 0 Å². The summed E-state index contributed by atoms with van der Waals surface area (Å²) in [5.74, 6) is -7.04. The number of aliphatic carboxylic acids is 1. The lowest BCUT2D eigenvalue weighted by Gasteiger charge is -2.45. The Morgan fingerprint density at radius 2 is 1.26 bits per heavy atom. The zero-order valence-corrected chi connectivity index (χ0v) is 45.5. The number of carbonyl (C=O) groups is 3. The molecule has 0 aromatic heterocycles. The van der Waals surface area contributed by atoms with Crippen LogP contribution >= 0.6 is 0 Å². The van der Waals surface area contributed by atoms with E-state index >= 15 is 0 Å². The molecule has 74 heavy (non-hydrogen) atoms. The van der Waals surface area contributed by atoms with Gasteiger partial charge in [0.2, 0.25) is 0 Å². The minimum Gasteiger partial charge on any atom is -0.481 e. The number of carboxylic acids is 1. The predicted octanol–water partition coefficient (Wildman–Crippen LogP) is 3.70. The molecule has 0 aromatic rings. The van der Waals surface area contributed by atoms with Crippen LogP contribution in [0.2, 0.25) is 0 Å². The van der Waals surface area contributed by atoms with E-state index in [1.807, 2.05) is 13.8 Å². The van der Waals surface area contributed by atoms with Crippen molar-refractivity contribution in [3.8, 4) is 0 Å². The number of hydrogen-bond donors (Lipinski definition) is 13. The lowest BCUT2D eigenvalue weighted by Crippen LogP contribution is -2.60. The first-order valence-electron chi connectivity index (χ1n) is 27.9. The number of guanidine groups is 1. The second-order valence-corrected chi connectivity index (χ2v) is 22.7. The van der Waals surface area contributed by atoms with Gasteiger partial charge >= 0.3 is 17.9 Å². The molecule has 0 aliphatic carbocycles. The highest BCUT2D eigenvalue weighted by Gasteiger charge is 2.50. The third-order valence-corrected chi connectivity index (χ3v) is 15.8. The Labute approximate surface area is 440 Å². The molecule has 20 heteroatoms. The number of aliphatic imine (C=N–C) groups is 1. The predicted molar refractivity (Wildman–Crippen MR) is 278 cm³/mol. The minimum atomic E-state index is -2.50. The second-order valence-electron chi connectivity index (χ2n) is 22.7. The molecule has 2 aliphatic heterocycles. The highest BCUT2D eigenvalue weighted by atomic mass is 16.7. The van der Waals surface area contributed by atoms with Crippen LogP contribution in [0, 0.1) is 35.5 Å². The summed E-state index contributed by atoms with van der Waals surface area (Å²) in [6, 6.07) is 0. The number of nitrogens with two attached hydrogens (primary N) is 2. The summed E-state index contributed by atoms with van der Waals surface area (Å²) in [6.07, 6.45) is -5.04. The Morgan fingerprint density at radius 3 is 1.92 bits per heavy atom. The van der Waals surface area contributed by atoms with Crippen molar-refractivity contribution >= 4 is 23.9 Å². The van der Waals surface area contributed by atoms with E-state index in [1.54, 1.807) is 13.8 Å². The molecule has 0 amide bonds. The molecule has 15 N–H and O–H groups in total. The minimum absolute atomic E-state index is 0.00795. The lowest BCUT2D eigenvalue weighted by molar-refractivity contribution is -0.333. The first-order chi connectivity index (χ1) is 34.7. The Morgan fingerprint density at radius 1 is 0.662 bits per heavy atom. The molecule has 2 fully saturated rings. The van der Waals surface area contributed by atoms with Gasteiger partial charge in [0, 0.05) is 38.1 Å². The number of nitrogens with zero attached hydrogens (tertiary/aromatic N) is 1. The van der Waals surface area contributed by atoms with Gasteiger partial charge < -0.3 is 81.8 Å². The van der Waals surface area contributed by atoms with E-state index in [4.69, 9.17) is 25.7 Å². The molecule has 2 heterocycles. The van der Waals surface area contributed by atoms with Crippen LogP contribution in [0.4, 0.5) is 0 Å². The number of fused-ring (bicyclic) bond motifs is 2. The van der Waals surface area contributed by atoms with Gasteiger partial charge in [0.1, 0.15) is 24.7 Å². The van der Waals surface area contributed by atoms with E-state index in [9.17, 15) is 70.6 Å². The summed E-state index contributed by atoms with van der Waals surface area (Å²) in [7, 11) is 0. The van der Waals surface area contributed by atoms with Gasteiger partial charge in [-0.25, -0.2) is 0 Å². The third-order valence-electron chi connectivity index (χ3n) is 15.8. The normalized spacial score (nSPS) is 37.6. The molecule has 0 aromatic carbocycles. The van der Waals surface area contributed by atoms with Crippen molar-refractivity contribution in [2.24, 2.45) is 52.0 Å². The van der Waals surface area contributed by atoms with Gasteiger partial charge in [0.25, 0.3) is 0 Å². The molecule has 2 aliphatic rings. The molecular formula is C54H101N3O17. The van der Waals surface area contributed by atoms with Crippen molar-refractivity contribution in [3.63, 3.8) is 0 Å². The molecule has 4 unspecified atom stereocenters. The van der Waals surface area contributed by atoms with Crippen molar-refractivity contribution in [3.05, 3.63) is 0 Å². The quantitative estimate of drug-likeness (QED) is 0.0411. The van der Waals surface area contributed by atoms with Gasteiger partial charge in [-0.1, -0.05) is 92.9 Å². The maximum atomic E-state index is 13.7. The second kappa shape index (κ2) is 34.9. The Balaban J connectivity index is 2.28. The number of aliphatic hydroxyl groups excluding tert-OH is 9. The van der Waals surface area contributed by atoms with Crippen LogP contribution in [0.3, 0.4) is 0 Å². The summed E-state index contributed by atoms with van der Waals surface area (Å²) in [6.45, 7) is 11.9. The van der Waals surface area contributed by atoms with E-state index in [0.29, 0.717) is 45.1 Å². The molecule has 20 nitrogen and oxygen atoms in total. The molecule has 0 saturated carbocycles. The first kappa shape index (κ1) is 67.3. The average molecular weight is 1060 g/mol. The van der Waals surface area contributed by atoms with Crippen LogP contribution < -0.4 is 11.5 Å². The molecular weight excluding hydrogens is 963 g/mol. The average Bonchev–Trinajstić information content (AvgIpc) is 3.30. The Hall–Kier alpha value is -2.76. The van der Waals surface area contributed by atoms with Gasteiger partial charge in [-0.05, 0) is 94.3 Å². The van der Waals surface area contributed by atoms with Crippen LogP contribution in [0.5, 0.6) is 0 Å². The Kier molecular flexibility index (Phi) is 31.8. The molecule has 0 radical (unpaired) electrons. The van der Waals surface area contributed by atoms with Gasteiger partial charge in [-0.2, -0.15) is 0 Å². The van der Waals surface area contributed by atoms with E-state index < -0.39 is 115 Å². The number of hydrogen-bond acceptors (Lipinski definition) is 17. The van der Waals surface area contributed by atoms with Crippen LogP contribution in [0.15, 0.2) is 4.99 Å². The van der Waals surface area contributed by atoms with Gasteiger partial charge in [0.15, 0.2) is 11.7 Å². The topological polar surface area (TPSA) is 366 Å². The SMILES string of the molecule is CC1CCC[C@@H](C)[C@H](O)C[C@H](O)[C@H](C)[C@@H](O)CC[C@H](C)[C@H](O)CC2(O)O[C@@H](C[C@H](OC(=O)CC(=O)O)C[C@@H](O)C[C@@H](O)C[C@H](O)CCCC[C@H](C)[C@H](C(C)CCCCCCCCN=C(N)N)OC1=O)C[C@@H](O)C2O. The molecule has 434 valence electrons. The lowest BCUT2D eigenvalue weighted by atomic mass is 9.83. The van der Waals surface area contributed by atoms with Crippen LogP contribution in [0.1, 0.15) is 196 Å². The highest BCUT2D eigenvalue weighted by molar-refractivity contribution is 5.90. The fourth-order valence-electron chi connectivity index (χ4n) is 10.6. The number of carboxylic acid groups (broad SMARTS) is 1. The molecule has 2 bridgehead atoms. The summed E-state index contributed by atoms with van der Waals surface area (Å²) in [5.41, 5.74) is 10.8. The largest absolute Gasteiger partial charge is 0.481 e. The molecule has 2 rings (SSSR count). The van der Waals surface area contributed by atoms with Crippen molar-refractivity contribution in [1.82, 2.24) is 0 Å². The number of ether oxygens (including phenoxy) is 3. The van der Waals surface area contributed by atoms with Crippen molar-refractivity contribution in [2.45, 2.75) is 275 Å². The zero-order chi connectivity index (χ0) is 55.7. The van der Waals surface area contributed by atoms with Gasteiger partial charge in [-0.3, -0.25) is 19.4 Å². The van der Waals surface area contributed by atoms with Crippen LogP contribution in [-0.2, 0) is 28.6 Å². The van der Waals surface area contributed by atoms with Crippen molar-refractivity contribution in [2.75, 3.05) is 6.54 Å². The summed E-state index contributed by atoms with van der Waals surface area (Å²) in [5, 5.41) is 120. The van der Waals surface area contributed by atoms with E-state index in [-0.39, 0.29) is 87.2 Å². The monoisotopic (exact) mass is 1060 g/mol. The van der Waals surface area contributed by atoms with E-state index in [1.165, 1.54) is 0 Å². The highest BCUT2D eigenvalue weighted by Crippen LogP contribution is 2.36. The fraction of sp³-hybridized carbons (Fsp3) is 0.926. The maximum Gasteiger partial charge on any atom is 0.317 e. The number of esters is 2. The van der Waals surface area contributed by atoms with Crippen molar-refractivity contribution < 1.29 is 84.8 Å². The summed E-state index contributed by atoms with van der Waals surface area (Å²) < 4.78 is 17.6. The van der Waals surface area contributed by atoms with E-state index in [0.717, 1.165) is 51.4 Å². The number of cyclic esters (lactones) is 1. The van der Waals surface area contributed by atoms with Gasteiger partial charge in [-0.15, -0.1) is 0 Å². The first-order valence-corrected chi connectivity index (χ1v) is 27.9. The molecule has 2 saturated heterocycles. The zero-order valence-electron chi connectivity index (χ0n) is 45.5. The third kappa shape index (κ3) is 26.1. The Bertz CT molecular complexity index is 1610.